The Bertz CT molecular complexity index is 864. The van der Waals surface area contributed by atoms with Crippen LogP contribution in [0.25, 0.3) is 16.9 Å². The molecule has 3 rings (SSSR count). The largest absolute Gasteiger partial charge is 0.491 e. The fraction of sp³-hybridized carbons (Fsp3) is 0.381. The van der Waals surface area contributed by atoms with E-state index >= 15 is 0 Å². The minimum absolute atomic E-state index is 0.164. The van der Waals surface area contributed by atoms with Crippen LogP contribution in [0.15, 0.2) is 42.6 Å². The highest BCUT2D eigenvalue weighted by molar-refractivity contribution is 5.68. The van der Waals surface area contributed by atoms with E-state index in [0.717, 1.165) is 53.7 Å². The lowest BCUT2D eigenvalue weighted by molar-refractivity contribution is 0.242. The number of rotatable bonds is 7. The first-order valence-electron chi connectivity index (χ1n) is 9.27. The van der Waals surface area contributed by atoms with E-state index in [1.165, 1.54) is 0 Å². The van der Waals surface area contributed by atoms with Crippen LogP contribution in [0, 0.1) is 0 Å². The van der Waals surface area contributed by atoms with Crippen LogP contribution in [-0.2, 0) is 6.54 Å². The normalized spacial score (nSPS) is 11.6. The molecule has 0 fully saturated rings. The average molecular weight is 352 g/mol. The van der Waals surface area contributed by atoms with Crippen LogP contribution in [-0.4, -0.2) is 33.5 Å². The number of fused-ring (bicyclic) bond motifs is 1. The summed E-state index contributed by atoms with van der Waals surface area (Å²) in [4.78, 5) is 7.26. The van der Waals surface area contributed by atoms with Gasteiger partial charge in [-0.2, -0.15) is 0 Å². The predicted molar refractivity (Wildman–Crippen MR) is 107 cm³/mol. The van der Waals surface area contributed by atoms with Gasteiger partial charge in [-0.3, -0.25) is 4.90 Å². The summed E-state index contributed by atoms with van der Waals surface area (Å²) in [6.45, 7) is 11.2. The maximum absolute atomic E-state index is 6.02. The summed E-state index contributed by atoms with van der Waals surface area (Å²) in [5, 5.41) is 0. The fourth-order valence-electron chi connectivity index (χ4n) is 3.11. The lowest BCUT2D eigenvalue weighted by Crippen LogP contribution is -2.23. The monoisotopic (exact) mass is 352 g/mol. The second kappa shape index (κ2) is 7.79. The first-order valence-corrected chi connectivity index (χ1v) is 9.27. The van der Waals surface area contributed by atoms with Crippen molar-refractivity contribution in [1.29, 1.82) is 0 Å². The van der Waals surface area contributed by atoms with E-state index < -0.39 is 0 Å². The van der Waals surface area contributed by atoms with Crippen molar-refractivity contribution in [2.45, 2.75) is 40.3 Å². The number of nitrogens with zero attached hydrogens (tertiary/aromatic N) is 3. The number of hydrogen-bond donors (Lipinski definition) is 1. The van der Waals surface area contributed by atoms with Gasteiger partial charge >= 0.3 is 0 Å². The fourth-order valence-corrected chi connectivity index (χ4v) is 3.11. The summed E-state index contributed by atoms with van der Waals surface area (Å²) in [5.74, 6) is 0.877. The van der Waals surface area contributed by atoms with Gasteiger partial charge in [-0.25, -0.2) is 4.98 Å². The van der Waals surface area contributed by atoms with Crippen LogP contribution in [0.2, 0.25) is 0 Å². The van der Waals surface area contributed by atoms with Crippen molar-refractivity contribution in [3.05, 3.63) is 48.3 Å². The van der Waals surface area contributed by atoms with Gasteiger partial charge in [-0.05, 0) is 63.3 Å². The van der Waals surface area contributed by atoms with Crippen molar-refractivity contribution in [2.75, 3.05) is 18.8 Å². The number of ether oxygens (including phenoxy) is 1. The van der Waals surface area contributed by atoms with Crippen LogP contribution >= 0.6 is 0 Å². The van der Waals surface area contributed by atoms with E-state index in [1.807, 2.05) is 44.3 Å². The van der Waals surface area contributed by atoms with E-state index in [1.54, 1.807) is 0 Å². The summed E-state index contributed by atoms with van der Waals surface area (Å²) in [7, 11) is 0. The molecule has 26 heavy (non-hydrogen) atoms. The zero-order chi connectivity index (χ0) is 18.7. The SMILES string of the molecule is CCN(CC)Cc1c(-c2ccc(OC(C)C)cc2)nc2ccc(N)cn12. The molecule has 0 atom stereocenters. The van der Waals surface area contributed by atoms with Gasteiger partial charge in [0.2, 0.25) is 0 Å². The summed E-state index contributed by atoms with van der Waals surface area (Å²) >= 11 is 0. The van der Waals surface area contributed by atoms with Crippen LogP contribution < -0.4 is 10.5 Å². The highest BCUT2D eigenvalue weighted by Gasteiger charge is 2.16. The Labute approximate surface area is 155 Å². The molecule has 0 saturated carbocycles. The molecule has 0 bridgehead atoms. The Morgan fingerprint density at radius 3 is 2.38 bits per heavy atom. The average Bonchev–Trinajstić information content (AvgIpc) is 2.97. The molecule has 2 aromatic heterocycles. The van der Waals surface area contributed by atoms with E-state index in [0.29, 0.717) is 0 Å². The van der Waals surface area contributed by atoms with E-state index in [2.05, 4.69) is 35.3 Å². The van der Waals surface area contributed by atoms with E-state index in [-0.39, 0.29) is 6.10 Å². The molecule has 3 aromatic rings. The molecule has 138 valence electrons. The number of aromatic nitrogens is 2. The predicted octanol–water partition coefficient (Wildman–Crippen LogP) is 4.21. The number of nitrogen functional groups attached to an aromatic ring is 1. The molecule has 0 spiro atoms. The molecule has 2 N–H and O–H groups in total. The van der Waals surface area contributed by atoms with Crippen LogP contribution in [0.4, 0.5) is 5.69 Å². The van der Waals surface area contributed by atoms with Gasteiger partial charge in [0, 0.05) is 24.0 Å². The molecule has 0 aliphatic rings. The quantitative estimate of drug-likeness (QED) is 0.692. The van der Waals surface area contributed by atoms with E-state index in [9.17, 15) is 0 Å². The number of nitrogens with two attached hydrogens (primary N) is 1. The highest BCUT2D eigenvalue weighted by atomic mass is 16.5. The molecule has 0 saturated heterocycles. The minimum Gasteiger partial charge on any atom is -0.491 e. The number of anilines is 1. The van der Waals surface area contributed by atoms with Gasteiger partial charge in [-0.1, -0.05) is 13.8 Å². The maximum Gasteiger partial charge on any atom is 0.137 e. The second-order valence-electron chi connectivity index (χ2n) is 6.75. The second-order valence-corrected chi connectivity index (χ2v) is 6.75. The Morgan fingerprint density at radius 1 is 1.08 bits per heavy atom. The Balaban J connectivity index is 2.06. The Hall–Kier alpha value is -2.53. The zero-order valence-corrected chi connectivity index (χ0v) is 16.1. The van der Waals surface area contributed by atoms with Crippen molar-refractivity contribution in [3.63, 3.8) is 0 Å². The van der Waals surface area contributed by atoms with Crippen LogP contribution in [0.5, 0.6) is 5.75 Å². The van der Waals surface area contributed by atoms with Gasteiger partial charge in [-0.15, -0.1) is 0 Å². The lowest BCUT2D eigenvalue weighted by atomic mass is 10.1. The number of hydrogen-bond acceptors (Lipinski definition) is 4. The zero-order valence-electron chi connectivity index (χ0n) is 16.1. The molecule has 2 heterocycles. The molecule has 0 unspecified atom stereocenters. The van der Waals surface area contributed by atoms with Crippen molar-refractivity contribution in [3.8, 4) is 17.0 Å². The standard InChI is InChI=1S/C21H28N4O/c1-5-24(6-2)14-19-21(23-20-12-9-17(22)13-25(19)20)16-7-10-18(11-8-16)26-15(3)4/h7-13,15H,5-6,14,22H2,1-4H3. The highest BCUT2D eigenvalue weighted by Crippen LogP contribution is 2.28. The number of benzene rings is 1. The molecule has 0 aliphatic carbocycles. The third-order valence-corrected chi connectivity index (χ3v) is 4.51. The molecule has 1 aromatic carbocycles. The molecule has 5 nitrogen and oxygen atoms in total. The first kappa shape index (κ1) is 18.3. The maximum atomic E-state index is 6.02. The van der Waals surface area contributed by atoms with Crippen molar-refractivity contribution < 1.29 is 4.74 Å². The molecular weight excluding hydrogens is 324 g/mol. The Morgan fingerprint density at radius 2 is 1.77 bits per heavy atom. The smallest absolute Gasteiger partial charge is 0.137 e. The van der Waals surface area contributed by atoms with Gasteiger partial charge in [0.25, 0.3) is 0 Å². The molecule has 0 radical (unpaired) electrons. The lowest BCUT2D eigenvalue weighted by Gasteiger charge is -2.19. The summed E-state index contributed by atoms with van der Waals surface area (Å²) < 4.78 is 7.87. The summed E-state index contributed by atoms with van der Waals surface area (Å²) in [6, 6.07) is 12.0. The minimum atomic E-state index is 0.164. The first-order chi connectivity index (χ1) is 12.5. The Kier molecular flexibility index (Phi) is 5.47. The molecule has 0 amide bonds. The number of imidazole rings is 1. The number of pyridine rings is 1. The third kappa shape index (κ3) is 3.83. The van der Waals surface area contributed by atoms with Crippen molar-refractivity contribution in [1.82, 2.24) is 14.3 Å². The summed E-state index contributed by atoms with van der Waals surface area (Å²) in [6.07, 6.45) is 2.12. The van der Waals surface area contributed by atoms with Gasteiger partial charge in [0.15, 0.2) is 0 Å². The summed E-state index contributed by atoms with van der Waals surface area (Å²) in [5.41, 5.74) is 10.9. The van der Waals surface area contributed by atoms with Crippen LogP contribution in [0.1, 0.15) is 33.4 Å². The molecular formula is C21H28N4O. The van der Waals surface area contributed by atoms with E-state index in [4.69, 9.17) is 15.5 Å². The van der Waals surface area contributed by atoms with Gasteiger partial charge < -0.3 is 14.9 Å². The molecule has 5 heteroatoms. The third-order valence-electron chi connectivity index (χ3n) is 4.51. The van der Waals surface area contributed by atoms with Crippen LogP contribution in [0.3, 0.4) is 0 Å². The molecule has 0 aliphatic heterocycles. The van der Waals surface area contributed by atoms with Gasteiger partial charge in [0.1, 0.15) is 11.4 Å². The van der Waals surface area contributed by atoms with Gasteiger partial charge in [0.05, 0.1) is 17.5 Å². The van der Waals surface area contributed by atoms with Crippen molar-refractivity contribution in [2.24, 2.45) is 0 Å². The topological polar surface area (TPSA) is 55.8 Å². The van der Waals surface area contributed by atoms with Crippen molar-refractivity contribution >= 4 is 11.3 Å².